The van der Waals surface area contributed by atoms with Crippen molar-refractivity contribution in [2.75, 3.05) is 12.0 Å². The number of halogens is 3. The summed E-state index contributed by atoms with van der Waals surface area (Å²) in [6, 6.07) is 1.04. The molecular weight excluding hydrogens is 411 g/mol. The summed E-state index contributed by atoms with van der Waals surface area (Å²) in [7, 11) is 0. The molecule has 1 heterocycles. The fraction of sp³-hybridized carbons (Fsp3) is 0.471. The molecular formula is C17H18F3N5O5. The van der Waals surface area contributed by atoms with Crippen molar-refractivity contribution < 1.29 is 32.5 Å². The van der Waals surface area contributed by atoms with Crippen molar-refractivity contribution in [3.63, 3.8) is 0 Å². The predicted octanol–water partition coefficient (Wildman–Crippen LogP) is 2.31. The number of urea groups is 1. The number of hydrogen-bond donors (Lipinski definition) is 3. The van der Waals surface area contributed by atoms with Crippen LogP contribution in [-0.2, 0) is 15.8 Å². The van der Waals surface area contributed by atoms with E-state index in [4.69, 9.17) is 0 Å². The van der Waals surface area contributed by atoms with Gasteiger partial charge >= 0.3 is 12.2 Å². The van der Waals surface area contributed by atoms with Crippen LogP contribution in [0, 0.1) is 10.1 Å². The lowest BCUT2D eigenvalue weighted by molar-refractivity contribution is -0.384. The topological polar surface area (TPSA) is 134 Å². The second-order valence-electron chi connectivity index (χ2n) is 7.12. The minimum atomic E-state index is -4.77. The van der Waals surface area contributed by atoms with Crippen LogP contribution in [-0.4, -0.2) is 39.8 Å². The molecule has 1 saturated heterocycles. The first-order valence-electron chi connectivity index (χ1n) is 9.08. The normalized spacial score (nSPS) is 18.3. The van der Waals surface area contributed by atoms with Crippen LogP contribution < -0.4 is 16.2 Å². The highest BCUT2D eigenvalue weighted by atomic mass is 19.4. The van der Waals surface area contributed by atoms with E-state index in [0.29, 0.717) is 25.0 Å². The number of alkyl halides is 3. The number of imide groups is 1. The minimum absolute atomic E-state index is 0.332. The number of amides is 4. The van der Waals surface area contributed by atoms with Gasteiger partial charge in [-0.25, -0.2) is 4.79 Å². The van der Waals surface area contributed by atoms with E-state index in [-0.39, 0.29) is 5.69 Å². The van der Waals surface area contributed by atoms with Gasteiger partial charge in [-0.3, -0.25) is 35.5 Å². The van der Waals surface area contributed by atoms with Crippen LogP contribution >= 0.6 is 0 Å². The summed E-state index contributed by atoms with van der Waals surface area (Å²) in [6.07, 6.45) is -1.33. The van der Waals surface area contributed by atoms with Gasteiger partial charge < -0.3 is 5.32 Å². The van der Waals surface area contributed by atoms with E-state index in [9.17, 15) is 37.7 Å². The van der Waals surface area contributed by atoms with Crippen LogP contribution in [0.3, 0.4) is 0 Å². The quantitative estimate of drug-likeness (QED) is 0.374. The predicted molar refractivity (Wildman–Crippen MR) is 95.9 cm³/mol. The lowest BCUT2D eigenvalue weighted by atomic mass is 9.82. The molecule has 1 aliphatic heterocycles. The highest BCUT2D eigenvalue weighted by Crippen LogP contribution is 2.35. The number of benzene rings is 1. The van der Waals surface area contributed by atoms with Gasteiger partial charge in [0.25, 0.3) is 17.5 Å². The molecule has 2 aliphatic rings. The van der Waals surface area contributed by atoms with Crippen molar-refractivity contribution in [1.82, 2.24) is 15.6 Å². The van der Waals surface area contributed by atoms with Crippen LogP contribution in [0.2, 0.25) is 0 Å². The molecule has 13 heteroatoms. The summed E-state index contributed by atoms with van der Waals surface area (Å²) >= 11 is 0. The molecule has 1 saturated carbocycles. The minimum Gasteiger partial charge on any atom is -0.323 e. The van der Waals surface area contributed by atoms with Crippen molar-refractivity contribution in [2.24, 2.45) is 0 Å². The van der Waals surface area contributed by atoms with E-state index in [1.807, 2.05) is 0 Å². The van der Waals surface area contributed by atoms with E-state index >= 15 is 0 Å². The number of carbonyl (C=O) groups excluding carboxylic acids is 3. The molecule has 1 aromatic carbocycles. The first-order valence-corrected chi connectivity index (χ1v) is 9.08. The fourth-order valence-electron chi connectivity index (χ4n) is 3.60. The Morgan fingerprint density at radius 2 is 1.90 bits per heavy atom. The average molecular weight is 429 g/mol. The number of nitrogens with zero attached hydrogens (tertiary/aromatic N) is 2. The third-order valence-electron chi connectivity index (χ3n) is 5.11. The maximum absolute atomic E-state index is 12.7. The molecule has 0 aromatic heterocycles. The molecule has 3 N–H and O–H groups in total. The zero-order valence-corrected chi connectivity index (χ0v) is 15.5. The van der Waals surface area contributed by atoms with Crippen molar-refractivity contribution in [2.45, 2.75) is 43.8 Å². The fourth-order valence-corrected chi connectivity index (χ4v) is 3.60. The van der Waals surface area contributed by atoms with Crippen LogP contribution in [0.5, 0.6) is 0 Å². The van der Waals surface area contributed by atoms with E-state index in [0.717, 1.165) is 30.2 Å². The highest BCUT2D eigenvalue weighted by Gasteiger charge is 2.51. The SMILES string of the molecule is O=C(CN1C(=O)NC2(CCCCC2)C1=O)NNc1ccc(C(F)(F)F)cc1[N+](=O)[O-]. The Labute approximate surface area is 167 Å². The van der Waals surface area contributed by atoms with Gasteiger partial charge in [0.05, 0.1) is 10.5 Å². The lowest BCUT2D eigenvalue weighted by Crippen LogP contribution is -2.49. The van der Waals surface area contributed by atoms with Crippen LogP contribution in [0.4, 0.5) is 29.3 Å². The molecule has 2 fully saturated rings. The van der Waals surface area contributed by atoms with Gasteiger partial charge in [-0.05, 0) is 25.0 Å². The number of nitro benzene ring substituents is 1. The van der Waals surface area contributed by atoms with E-state index in [1.165, 1.54) is 0 Å². The van der Waals surface area contributed by atoms with E-state index < -0.39 is 52.3 Å². The second kappa shape index (κ2) is 7.80. The monoisotopic (exact) mass is 429 g/mol. The van der Waals surface area contributed by atoms with Gasteiger partial charge in [0.15, 0.2) is 0 Å². The van der Waals surface area contributed by atoms with Crippen molar-refractivity contribution in [1.29, 1.82) is 0 Å². The van der Waals surface area contributed by atoms with Crippen LogP contribution in [0.1, 0.15) is 37.7 Å². The number of hydrazine groups is 1. The molecule has 1 aromatic rings. The summed E-state index contributed by atoms with van der Waals surface area (Å²) in [5.41, 5.74) is 0.720. The molecule has 30 heavy (non-hydrogen) atoms. The molecule has 10 nitrogen and oxygen atoms in total. The first-order chi connectivity index (χ1) is 14.0. The standard InChI is InChI=1S/C17H18F3N5O5/c18-17(19,20)10-4-5-11(12(8-10)25(29)30)22-23-13(26)9-24-14(27)16(21-15(24)28)6-2-1-3-7-16/h4-5,8,22H,1-3,6-7,9H2,(H,21,28)(H,23,26). The van der Waals surface area contributed by atoms with E-state index in [2.05, 4.69) is 16.2 Å². The Balaban J connectivity index is 1.65. The summed E-state index contributed by atoms with van der Waals surface area (Å²) < 4.78 is 38.2. The third kappa shape index (κ3) is 4.14. The van der Waals surface area contributed by atoms with Crippen LogP contribution in [0.15, 0.2) is 18.2 Å². The number of hydrogen-bond acceptors (Lipinski definition) is 6. The Morgan fingerprint density at radius 3 is 2.50 bits per heavy atom. The maximum Gasteiger partial charge on any atom is 0.416 e. The van der Waals surface area contributed by atoms with Gasteiger partial charge in [-0.2, -0.15) is 13.2 Å². The Morgan fingerprint density at radius 1 is 1.23 bits per heavy atom. The molecule has 1 aliphatic carbocycles. The van der Waals surface area contributed by atoms with Crippen molar-refractivity contribution in [3.8, 4) is 0 Å². The number of rotatable bonds is 5. The van der Waals surface area contributed by atoms with Crippen molar-refractivity contribution >= 4 is 29.2 Å². The number of anilines is 1. The van der Waals surface area contributed by atoms with Gasteiger partial charge in [0, 0.05) is 6.07 Å². The molecule has 3 rings (SSSR count). The molecule has 4 amide bonds. The van der Waals surface area contributed by atoms with Crippen LogP contribution in [0.25, 0.3) is 0 Å². The van der Waals surface area contributed by atoms with Gasteiger partial charge in [-0.1, -0.05) is 19.3 Å². The zero-order valence-electron chi connectivity index (χ0n) is 15.5. The smallest absolute Gasteiger partial charge is 0.323 e. The third-order valence-corrected chi connectivity index (χ3v) is 5.11. The van der Waals surface area contributed by atoms with Gasteiger partial charge in [0.1, 0.15) is 17.8 Å². The van der Waals surface area contributed by atoms with Gasteiger partial charge in [0.2, 0.25) is 0 Å². The number of nitro groups is 1. The summed E-state index contributed by atoms with van der Waals surface area (Å²) in [5, 5.41) is 13.7. The summed E-state index contributed by atoms with van der Waals surface area (Å²) in [5.74, 6) is -1.39. The Bertz CT molecular complexity index is 898. The molecule has 0 unspecified atom stereocenters. The lowest BCUT2D eigenvalue weighted by Gasteiger charge is -2.30. The molecule has 0 radical (unpaired) electrons. The first kappa shape index (κ1) is 21.3. The molecule has 0 bridgehead atoms. The van der Waals surface area contributed by atoms with Gasteiger partial charge in [-0.15, -0.1) is 0 Å². The average Bonchev–Trinajstić information content (AvgIpc) is 2.90. The van der Waals surface area contributed by atoms with Crippen molar-refractivity contribution in [3.05, 3.63) is 33.9 Å². The molecule has 0 atom stereocenters. The molecule has 1 spiro atoms. The second-order valence-corrected chi connectivity index (χ2v) is 7.12. The molecule has 162 valence electrons. The number of nitrogens with one attached hydrogen (secondary N) is 3. The maximum atomic E-state index is 12.7. The Hall–Kier alpha value is -3.38. The Kier molecular flexibility index (Phi) is 5.55. The number of carbonyl (C=O) groups is 3. The summed E-state index contributed by atoms with van der Waals surface area (Å²) in [4.78, 5) is 47.7. The summed E-state index contributed by atoms with van der Waals surface area (Å²) in [6.45, 7) is -0.645. The van der Waals surface area contributed by atoms with E-state index in [1.54, 1.807) is 0 Å². The zero-order chi connectivity index (χ0) is 22.1. The largest absolute Gasteiger partial charge is 0.416 e. The highest BCUT2D eigenvalue weighted by molar-refractivity contribution is 6.09.